The standard InChI is InChI=1S/C13H23N.ClH/c1-12(14)10-5-6-11(9-10)13(12)7-3-2-4-8-13;/h10-11H,2-9,14H2,1H3;1H/t10-,11+,12+;/m1./s1. The van der Waals surface area contributed by atoms with Crippen LogP contribution in [0.3, 0.4) is 0 Å². The first-order valence-corrected chi connectivity index (χ1v) is 6.46. The first-order valence-electron chi connectivity index (χ1n) is 6.46. The summed E-state index contributed by atoms with van der Waals surface area (Å²) in [6, 6.07) is 0. The molecule has 0 aromatic rings. The van der Waals surface area contributed by atoms with E-state index in [1.165, 1.54) is 51.4 Å². The van der Waals surface area contributed by atoms with Crippen molar-refractivity contribution in [1.82, 2.24) is 0 Å². The van der Waals surface area contributed by atoms with Crippen LogP contribution in [-0.4, -0.2) is 5.54 Å². The highest BCUT2D eigenvalue weighted by Crippen LogP contribution is 2.65. The first kappa shape index (κ1) is 11.7. The predicted octanol–water partition coefficient (Wildman–Crippen LogP) is 3.51. The van der Waals surface area contributed by atoms with Crippen molar-refractivity contribution in [2.24, 2.45) is 23.0 Å². The van der Waals surface area contributed by atoms with Gasteiger partial charge in [-0.15, -0.1) is 12.4 Å². The Morgan fingerprint density at radius 3 is 2.13 bits per heavy atom. The zero-order chi connectivity index (χ0) is 9.81. The van der Waals surface area contributed by atoms with E-state index in [-0.39, 0.29) is 17.9 Å². The summed E-state index contributed by atoms with van der Waals surface area (Å²) in [7, 11) is 0. The van der Waals surface area contributed by atoms with Gasteiger partial charge in [0.25, 0.3) is 0 Å². The number of rotatable bonds is 0. The molecule has 0 aromatic heterocycles. The molecule has 0 heterocycles. The molecule has 0 aliphatic heterocycles. The van der Waals surface area contributed by atoms with Gasteiger partial charge in [0.2, 0.25) is 0 Å². The van der Waals surface area contributed by atoms with E-state index in [1.807, 2.05) is 0 Å². The lowest BCUT2D eigenvalue weighted by Gasteiger charge is -2.52. The first-order chi connectivity index (χ1) is 6.67. The molecule has 2 heteroatoms. The van der Waals surface area contributed by atoms with Crippen molar-refractivity contribution in [3.63, 3.8) is 0 Å². The monoisotopic (exact) mass is 229 g/mol. The number of halogens is 1. The molecule has 3 aliphatic rings. The molecule has 3 rings (SSSR count). The van der Waals surface area contributed by atoms with E-state index >= 15 is 0 Å². The van der Waals surface area contributed by atoms with E-state index in [0.717, 1.165) is 11.8 Å². The highest BCUT2D eigenvalue weighted by Gasteiger charge is 2.62. The second-order valence-electron chi connectivity index (χ2n) is 6.21. The average Bonchev–Trinajstić information content (AvgIpc) is 2.72. The van der Waals surface area contributed by atoms with Gasteiger partial charge in [0.05, 0.1) is 0 Å². The van der Waals surface area contributed by atoms with Crippen LogP contribution in [-0.2, 0) is 0 Å². The van der Waals surface area contributed by atoms with Crippen LogP contribution in [0.2, 0.25) is 0 Å². The summed E-state index contributed by atoms with van der Waals surface area (Å²) in [4.78, 5) is 0. The number of hydrogen-bond acceptors (Lipinski definition) is 1. The Kier molecular flexibility index (Phi) is 2.84. The summed E-state index contributed by atoms with van der Waals surface area (Å²) in [5.41, 5.74) is 7.41. The van der Waals surface area contributed by atoms with E-state index in [0.29, 0.717) is 5.41 Å². The Labute approximate surface area is 99.6 Å². The summed E-state index contributed by atoms with van der Waals surface area (Å²) in [6.07, 6.45) is 11.5. The van der Waals surface area contributed by atoms with Gasteiger partial charge in [-0.25, -0.2) is 0 Å². The van der Waals surface area contributed by atoms with Crippen LogP contribution in [0.1, 0.15) is 58.3 Å². The maximum Gasteiger partial charge on any atom is 0.0214 e. The fourth-order valence-corrected chi connectivity index (χ4v) is 5.00. The van der Waals surface area contributed by atoms with E-state index in [2.05, 4.69) is 6.92 Å². The summed E-state index contributed by atoms with van der Waals surface area (Å²) < 4.78 is 0. The lowest BCUT2D eigenvalue weighted by atomic mass is 9.56. The molecule has 1 nitrogen and oxygen atoms in total. The van der Waals surface area contributed by atoms with Gasteiger partial charge in [0.15, 0.2) is 0 Å². The lowest BCUT2D eigenvalue weighted by molar-refractivity contribution is 0.0203. The third kappa shape index (κ3) is 1.32. The van der Waals surface area contributed by atoms with Crippen molar-refractivity contribution >= 4 is 12.4 Å². The Bertz CT molecular complexity index is 243. The lowest BCUT2D eigenvalue weighted by Crippen LogP contribution is -2.57. The Balaban J connectivity index is 0.000000853. The van der Waals surface area contributed by atoms with Crippen LogP contribution < -0.4 is 5.73 Å². The maximum absolute atomic E-state index is 6.67. The molecule has 1 spiro atoms. The van der Waals surface area contributed by atoms with E-state index in [1.54, 1.807) is 0 Å². The van der Waals surface area contributed by atoms with Crippen molar-refractivity contribution in [3.05, 3.63) is 0 Å². The van der Waals surface area contributed by atoms with Gasteiger partial charge in [0, 0.05) is 5.54 Å². The summed E-state index contributed by atoms with van der Waals surface area (Å²) in [6.45, 7) is 2.36. The molecular formula is C13H24ClN. The number of fused-ring (bicyclic) bond motifs is 3. The summed E-state index contributed by atoms with van der Waals surface area (Å²) >= 11 is 0. The van der Waals surface area contributed by atoms with E-state index < -0.39 is 0 Å². The van der Waals surface area contributed by atoms with Crippen molar-refractivity contribution in [1.29, 1.82) is 0 Å². The smallest absolute Gasteiger partial charge is 0.0214 e. The van der Waals surface area contributed by atoms with Crippen molar-refractivity contribution in [2.75, 3.05) is 0 Å². The van der Waals surface area contributed by atoms with Crippen LogP contribution in [0.5, 0.6) is 0 Å². The van der Waals surface area contributed by atoms with E-state index in [9.17, 15) is 0 Å². The summed E-state index contributed by atoms with van der Waals surface area (Å²) in [5.74, 6) is 1.84. The molecule has 3 atom stereocenters. The Morgan fingerprint density at radius 2 is 1.60 bits per heavy atom. The fraction of sp³-hybridized carbons (Fsp3) is 1.00. The van der Waals surface area contributed by atoms with Crippen LogP contribution in [0, 0.1) is 17.3 Å². The van der Waals surface area contributed by atoms with Gasteiger partial charge in [-0.3, -0.25) is 0 Å². The van der Waals surface area contributed by atoms with Crippen molar-refractivity contribution in [3.8, 4) is 0 Å². The molecule has 0 aromatic carbocycles. The molecule has 2 bridgehead atoms. The predicted molar refractivity (Wildman–Crippen MR) is 66.2 cm³/mol. The minimum absolute atomic E-state index is 0. The van der Waals surface area contributed by atoms with Crippen LogP contribution in [0.15, 0.2) is 0 Å². The normalized spacial score (nSPS) is 46.8. The SMILES string of the molecule is C[C@]1(N)[C@@H]2CC[C@@H](C2)C12CCCCC2.Cl. The van der Waals surface area contributed by atoms with Gasteiger partial charge in [-0.2, -0.15) is 0 Å². The molecule has 15 heavy (non-hydrogen) atoms. The van der Waals surface area contributed by atoms with Crippen molar-refractivity contribution < 1.29 is 0 Å². The molecule has 88 valence electrons. The quantitative estimate of drug-likeness (QED) is 0.676. The minimum Gasteiger partial charge on any atom is -0.325 e. The van der Waals surface area contributed by atoms with Gasteiger partial charge in [-0.05, 0) is 56.3 Å². The highest BCUT2D eigenvalue weighted by molar-refractivity contribution is 5.85. The Morgan fingerprint density at radius 1 is 1.00 bits per heavy atom. The molecule has 0 saturated heterocycles. The van der Waals surface area contributed by atoms with Crippen molar-refractivity contribution in [2.45, 2.75) is 63.8 Å². The zero-order valence-electron chi connectivity index (χ0n) is 9.80. The van der Waals surface area contributed by atoms with Gasteiger partial charge < -0.3 is 5.73 Å². The molecule has 0 amide bonds. The molecule has 0 radical (unpaired) electrons. The zero-order valence-corrected chi connectivity index (χ0v) is 10.6. The van der Waals surface area contributed by atoms with Crippen LogP contribution in [0.4, 0.5) is 0 Å². The molecular weight excluding hydrogens is 206 g/mol. The Hall–Kier alpha value is 0.250. The second kappa shape index (κ2) is 3.63. The van der Waals surface area contributed by atoms with Crippen LogP contribution in [0.25, 0.3) is 0 Å². The minimum atomic E-state index is 0. The topological polar surface area (TPSA) is 26.0 Å². The van der Waals surface area contributed by atoms with Gasteiger partial charge >= 0.3 is 0 Å². The fourth-order valence-electron chi connectivity index (χ4n) is 5.00. The molecule has 3 aliphatic carbocycles. The van der Waals surface area contributed by atoms with Crippen LogP contribution >= 0.6 is 12.4 Å². The second-order valence-corrected chi connectivity index (χ2v) is 6.21. The number of nitrogens with two attached hydrogens (primary N) is 1. The van der Waals surface area contributed by atoms with E-state index in [4.69, 9.17) is 5.73 Å². The maximum atomic E-state index is 6.67. The largest absolute Gasteiger partial charge is 0.325 e. The third-order valence-electron chi connectivity index (χ3n) is 5.88. The molecule has 2 N–H and O–H groups in total. The number of hydrogen-bond donors (Lipinski definition) is 1. The van der Waals surface area contributed by atoms with Gasteiger partial charge in [0.1, 0.15) is 0 Å². The molecule has 3 saturated carbocycles. The summed E-state index contributed by atoms with van der Waals surface area (Å²) in [5, 5.41) is 0. The average molecular weight is 230 g/mol. The molecule has 3 fully saturated rings. The van der Waals surface area contributed by atoms with Gasteiger partial charge in [-0.1, -0.05) is 19.3 Å². The molecule has 0 unspecified atom stereocenters. The highest BCUT2D eigenvalue weighted by atomic mass is 35.5. The third-order valence-corrected chi connectivity index (χ3v) is 5.88.